The van der Waals surface area contributed by atoms with Gasteiger partial charge in [0.2, 0.25) is 0 Å². The summed E-state index contributed by atoms with van der Waals surface area (Å²) in [5, 5.41) is -0.594. The van der Waals surface area contributed by atoms with Gasteiger partial charge in [0.05, 0.1) is 6.04 Å². The van der Waals surface area contributed by atoms with E-state index >= 15 is 0 Å². The van der Waals surface area contributed by atoms with E-state index in [-0.39, 0.29) is 11.7 Å². The van der Waals surface area contributed by atoms with Crippen molar-refractivity contribution in [1.29, 1.82) is 0 Å². The standard InChI is InChI=1S/C8H14ClNO2/c1-5(2)7(6(3)11)10(4)8(9)12/h5,7H,1-4H3/t7-/m0/s1. The van der Waals surface area contributed by atoms with Gasteiger partial charge in [0.15, 0.2) is 5.78 Å². The van der Waals surface area contributed by atoms with Gasteiger partial charge in [-0.2, -0.15) is 0 Å². The van der Waals surface area contributed by atoms with E-state index in [4.69, 9.17) is 11.6 Å². The highest BCUT2D eigenvalue weighted by Crippen LogP contribution is 2.11. The van der Waals surface area contributed by atoms with Crippen molar-refractivity contribution in [3.63, 3.8) is 0 Å². The first kappa shape index (κ1) is 11.4. The van der Waals surface area contributed by atoms with E-state index in [1.165, 1.54) is 18.9 Å². The molecule has 0 aliphatic rings. The van der Waals surface area contributed by atoms with Gasteiger partial charge in [0.1, 0.15) is 0 Å². The van der Waals surface area contributed by atoms with Crippen LogP contribution in [0.5, 0.6) is 0 Å². The number of ketones is 1. The van der Waals surface area contributed by atoms with E-state index < -0.39 is 11.4 Å². The van der Waals surface area contributed by atoms with Crippen LogP contribution in [0.1, 0.15) is 20.8 Å². The lowest BCUT2D eigenvalue weighted by Gasteiger charge is -2.26. The average Bonchev–Trinajstić information content (AvgIpc) is 1.85. The van der Waals surface area contributed by atoms with Gasteiger partial charge in [-0.1, -0.05) is 13.8 Å². The zero-order chi connectivity index (χ0) is 9.89. The van der Waals surface area contributed by atoms with Crippen LogP contribution in [-0.2, 0) is 4.79 Å². The predicted molar refractivity (Wildman–Crippen MR) is 48.3 cm³/mol. The summed E-state index contributed by atoms with van der Waals surface area (Å²) in [4.78, 5) is 23.1. The molecule has 3 nitrogen and oxygen atoms in total. The number of hydrogen-bond acceptors (Lipinski definition) is 2. The van der Waals surface area contributed by atoms with Crippen LogP contribution >= 0.6 is 11.6 Å². The Bertz CT molecular complexity index is 191. The lowest BCUT2D eigenvalue weighted by Crippen LogP contribution is -2.42. The molecule has 0 aliphatic carbocycles. The Morgan fingerprint density at radius 1 is 1.33 bits per heavy atom. The minimum Gasteiger partial charge on any atom is -0.322 e. The van der Waals surface area contributed by atoms with Crippen molar-refractivity contribution < 1.29 is 9.59 Å². The number of carbonyl (C=O) groups excluding carboxylic acids is 2. The van der Waals surface area contributed by atoms with Crippen LogP contribution in [0, 0.1) is 5.92 Å². The molecule has 0 bridgehead atoms. The Hall–Kier alpha value is -0.570. The van der Waals surface area contributed by atoms with Crippen LogP contribution in [0.15, 0.2) is 0 Å². The Balaban J connectivity index is 4.51. The molecule has 0 spiro atoms. The first-order chi connectivity index (χ1) is 5.37. The molecule has 70 valence electrons. The number of rotatable bonds is 3. The molecule has 0 aromatic heterocycles. The second kappa shape index (κ2) is 4.45. The van der Waals surface area contributed by atoms with E-state index in [1.807, 2.05) is 13.8 Å². The largest absolute Gasteiger partial charge is 0.322 e. The summed E-state index contributed by atoms with van der Waals surface area (Å²) in [5.41, 5.74) is 0. The number of nitrogens with zero attached hydrogens (tertiary/aromatic N) is 1. The molecule has 0 aliphatic heterocycles. The summed E-state index contributed by atoms with van der Waals surface area (Å²) in [6.07, 6.45) is 0. The van der Waals surface area contributed by atoms with E-state index in [1.54, 1.807) is 0 Å². The molecule has 0 unspecified atom stereocenters. The van der Waals surface area contributed by atoms with Gasteiger partial charge in [-0.25, -0.2) is 0 Å². The van der Waals surface area contributed by atoms with Crippen molar-refractivity contribution in [3.05, 3.63) is 0 Å². The number of amides is 1. The molecule has 0 rings (SSSR count). The predicted octanol–water partition coefficient (Wildman–Crippen LogP) is 1.89. The molecule has 0 radical (unpaired) electrons. The number of hydrogen-bond donors (Lipinski definition) is 0. The summed E-state index contributed by atoms with van der Waals surface area (Å²) in [6, 6.07) is -0.407. The Morgan fingerprint density at radius 2 is 1.75 bits per heavy atom. The van der Waals surface area contributed by atoms with Crippen LogP contribution in [0.4, 0.5) is 4.79 Å². The first-order valence-corrected chi connectivity index (χ1v) is 4.18. The minimum absolute atomic E-state index is 0.0403. The number of likely N-dealkylation sites (N-methyl/N-ethyl adjacent to an activating group) is 1. The lowest BCUT2D eigenvalue weighted by molar-refractivity contribution is -0.122. The van der Waals surface area contributed by atoms with Gasteiger partial charge in [0, 0.05) is 7.05 Å². The smallest absolute Gasteiger partial charge is 0.316 e. The number of halogens is 1. The van der Waals surface area contributed by atoms with Crippen molar-refractivity contribution >= 4 is 22.8 Å². The number of carbonyl (C=O) groups is 2. The molecule has 0 aromatic carbocycles. The van der Waals surface area contributed by atoms with Crippen LogP contribution in [0.2, 0.25) is 0 Å². The molecular weight excluding hydrogens is 178 g/mol. The van der Waals surface area contributed by atoms with Crippen LogP contribution in [0.3, 0.4) is 0 Å². The van der Waals surface area contributed by atoms with Gasteiger partial charge in [0.25, 0.3) is 0 Å². The molecular formula is C8H14ClNO2. The maximum Gasteiger partial charge on any atom is 0.316 e. The minimum atomic E-state index is -0.594. The van der Waals surface area contributed by atoms with Crippen molar-refractivity contribution in [1.82, 2.24) is 4.90 Å². The quantitative estimate of drug-likeness (QED) is 0.505. The van der Waals surface area contributed by atoms with E-state index in [2.05, 4.69) is 0 Å². The van der Waals surface area contributed by atoms with Crippen LogP contribution in [-0.4, -0.2) is 29.1 Å². The first-order valence-electron chi connectivity index (χ1n) is 3.80. The maximum absolute atomic E-state index is 11.1. The fourth-order valence-electron chi connectivity index (χ4n) is 1.30. The zero-order valence-electron chi connectivity index (χ0n) is 7.80. The van der Waals surface area contributed by atoms with Crippen molar-refractivity contribution in [3.8, 4) is 0 Å². The SMILES string of the molecule is CC(=O)[C@H](C(C)C)N(C)C(=O)Cl. The molecule has 0 heterocycles. The van der Waals surface area contributed by atoms with Gasteiger partial charge >= 0.3 is 5.37 Å². The Kier molecular flexibility index (Phi) is 4.24. The molecule has 1 atom stereocenters. The summed E-state index contributed by atoms with van der Waals surface area (Å²) in [6.45, 7) is 5.21. The molecule has 12 heavy (non-hydrogen) atoms. The number of Topliss-reactive ketones (excluding diaryl/α,β-unsaturated/α-hetero) is 1. The molecule has 0 aromatic rings. The summed E-state index contributed by atoms with van der Waals surface area (Å²) in [5.74, 6) is 0.0525. The monoisotopic (exact) mass is 191 g/mol. The van der Waals surface area contributed by atoms with Crippen LogP contribution in [0.25, 0.3) is 0 Å². The highest BCUT2D eigenvalue weighted by atomic mass is 35.5. The molecule has 1 amide bonds. The van der Waals surface area contributed by atoms with E-state index in [9.17, 15) is 9.59 Å². The average molecular weight is 192 g/mol. The fraction of sp³-hybridized carbons (Fsp3) is 0.750. The molecule has 0 fully saturated rings. The molecule has 4 heteroatoms. The highest BCUT2D eigenvalue weighted by molar-refractivity contribution is 6.62. The second-order valence-corrected chi connectivity index (χ2v) is 3.49. The topological polar surface area (TPSA) is 37.4 Å². The zero-order valence-corrected chi connectivity index (χ0v) is 8.55. The maximum atomic E-state index is 11.1. The van der Waals surface area contributed by atoms with Gasteiger partial charge < -0.3 is 4.90 Å². The van der Waals surface area contributed by atoms with Crippen molar-refractivity contribution in [2.24, 2.45) is 5.92 Å². The Labute approximate surface area is 77.7 Å². The van der Waals surface area contributed by atoms with Crippen LogP contribution < -0.4 is 0 Å². The third-order valence-electron chi connectivity index (χ3n) is 1.74. The summed E-state index contributed by atoms with van der Waals surface area (Å²) >= 11 is 5.25. The fourth-order valence-corrected chi connectivity index (χ4v) is 1.40. The molecule has 0 N–H and O–H groups in total. The van der Waals surface area contributed by atoms with Gasteiger partial charge in [-0.05, 0) is 24.4 Å². The Morgan fingerprint density at radius 3 is 1.83 bits per heavy atom. The molecule has 0 saturated heterocycles. The summed E-state index contributed by atoms with van der Waals surface area (Å²) in [7, 11) is 1.53. The third-order valence-corrected chi connectivity index (χ3v) is 2.01. The van der Waals surface area contributed by atoms with Gasteiger partial charge in [-0.3, -0.25) is 9.59 Å². The normalized spacial score (nSPS) is 12.8. The van der Waals surface area contributed by atoms with Crippen molar-refractivity contribution in [2.45, 2.75) is 26.8 Å². The van der Waals surface area contributed by atoms with Gasteiger partial charge in [-0.15, -0.1) is 0 Å². The third kappa shape index (κ3) is 2.81. The van der Waals surface area contributed by atoms with E-state index in [0.717, 1.165) is 0 Å². The second-order valence-electron chi connectivity index (χ2n) is 3.16. The summed E-state index contributed by atoms with van der Waals surface area (Å²) < 4.78 is 0. The molecule has 0 saturated carbocycles. The van der Waals surface area contributed by atoms with E-state index in [0.29, 0.717) is 0 Å². The lowest BCUT2D eigenvalue weighted by atomic mass is 10.00. The highest BCUT2D eigenvalue weighted by Gasteiger charge is 2.25. The van der Waals surface area contributed by atoms with Crippen molar-refractivity contribution in [2.75, 3.05) is 7.05 Å².